The molecule has 1 N–H and O–H groups in total. The van der Waals surface area contributed by atoms with Crippen molar-refractivity contribution in [1.82, 2.24) is 0 Å². The molecule has 5 nitrogen and oxygen atoms in total. The molecule has 0 aliphatic carbocycles. The third-order valence-corrected chi connectivity index (χ3v) is 4.05. The lowest BCUT2D eigenvalue weighted by Gasteiger charge is -2.21. The van der Waals surface area contributed by atoms with Gasteiger partial charge in [-0.2, -0.15) is 0 Å². The molecule has 0 saturated heterocycles. The van der Waals surface area contributed by atoms with Crippen LogP contribution in [0, 0.1) is 0 Å². The average molecular weight is 357 g/mol. The topological polar surface area (TPSA) is 56.8 Å². The molecule has 1 amide bonds. The summed E-state index contributed by atoms with van der Waals surface area (Å²) in [7, 11) is 3.12. The first-order valence-electron chi connectivity index (χ1n) is 8.54. The lowest BCUT2D eigenvalue weighted by atomic mass is 9.87. The van der Waals surface area contributed by atoms with E-state index in [0.717, 1.165) is 5.56 Å². The second-order valence-corrected chi connectivity index (χ2v) is 7.09. The molecule has 0 spiro atoms. The standard InChI is InChI=1S/C21H27NO4/c1-14(26-17-9-7-8-15(12-17)21(2,3)4)20(23)22-18-11-10-16(24-5)13-19(18)25-6/h7-14H,1-6H3,(H,22,23). The number of benzene rings is 2. The van der Waals surface area contributed by atoms with Gasteiger partial charge in [0.15, 0.2) is 6.10 Å². The van der Waals surface area contributed by atoms with Crippen LogP contribution in [-0.2, 0) is 10.2 Å². The minimum Gasteiger partial charge on any atom is -0.497 e. The summed E-state index contributed by atoms with van der Waals surface area (Å²) in [6.07, 6.45) is -0.656. The molecule has 140 valence electrons. The van der Waals surface area contributed by atoms with E-state index >= 15 is 0 Å². The fourth-order valence-electron chi connectivity index (χ4n) is 2.43. The normalized spacial score (nSPS) is 12.2. The van der Waals surface area contributed by atoms with Gasteiger partial charge < -0.3 is 19.5 Å². The highest BCUT2D eigenvalue weighted by atomic mass is 16.5. The first-order valence-corrected chi connectivity index (χ1v) is 8.54. The molecule has 0 aliphatic rings. The van der Waals surface area contributed by atoms with Crippen molar-refractivity contribution >= 4 is 11.6 Å². The van der Waals surface area contributed by atoms with Crippen LogP contribution in [0.3, 0.4) is 0 Å². The molecule has 2 rings (SSSR count). The highest BCUT2D eigenvalue weighted by molar-refractivity contribution is 5.95. The van der Waals surface area contributed by atoms with Gasteiger partial charge in [-0.25, -0.2) is 0 Å². The lowest BCUT2D eigenvalue weighted by molar-refractivity contribution is -0.122. The number of hydrogen-bond donors (Lipinski definition) is 1. The van der Waals surface area contributed by atoms with Crippen LogP contribution in [-0.4, -0.2) is 26.2 Å². The van der Waals surface area contributed by atoms with E-state index in [1.54, 1.807) is 39.3 Å². The van der Waals surface area contributed by atoms with Crippen LogP contribution in [0.2, 0.25) is 0 Å². The zero-order valence-electron chi connectivity index (χ0n) is 16.3. The number of amides is 1. The van der Waals surface area contributed by atoms with Crippen LogP contribution < -0.4 is 19.5 Å². The molecule has 0 saturated carbocycles. The smallest absolute Gasteiger partial charge is 0.265 e. The molecule has 1 atom stereocenters. The Kier molecular flexibility index (Phi) is 6.14. The van der Waals surface area contributed by atoms with Crippen LogP contribution in [0.1, 0.15) is 33.3 Å². The quantitative estimate of drug-likeness (QED) is 0.832. The van der Waals surface area contributed by atoms with Crippen molar-refractivity contribution in [3.63, 3.8) is 0 Å². The van der Waals surface area contributed by atoms with Crippen LogP contribution in [0.15, 0.2) is 42.5 Å². The minimum atomic E-state index is -0.656. The molecule has 0 aliphatic heterocycles. The summed E-state index contributed by atoms with van der Waals surface area (Å²) < 4.78 is 16.3. The molecule has 0 fully saturated rings. The van der Waals surface area contributed by atoms with Gasteiger partial charge in [0.2, 0.25) is 0 Å². The summed E-state index contributed by atoms with van der Waals surface area (Å²) in [5.41, 5.74) is 1.73. The molecular formula is C21H27NO4. The number of carbonyl (C=O) groups is 1. The highest BCUT2D eigenvalue weighted by Crippen LogP contribution is 2.30. The van der Waals surface area contributed by atoms with Gasteiger partial charge in [-0.15, -0.1) is 0 Å². The predicted octanol–water partition coefficient (Wildman–Crippen LogP) is 4.41. The van der Waals surface area contributed by atoms with Gasteiger partial charge >= 0.3 is 0 Å². The fourth-order valence-corrected chi connectivity index (χ4v) is 2.43. The Labute approximate surface area is 155 Å². The molecule has 0 heterocycles. The van der Waals surface area contributed by atoms with Gasteiger partial charge in [-0.3, -0.25) is 4.79 Å². The van der Waals surface area contributed by atoms with E-state index in [2.05, 4.69) is 32.2 Å². The molecule has 1 unspecified atom stereocenters. The maximum Gasteiger partial charge on any atom is 0.265 e. The number of carbonyl (C=O) groups excluding carboxylic acids is 1. The van der Waals surface area contributed by atoms with E-state index in [9.17, 15) is 4.79 Å². The molecule has 26 heavy (non-hydrogen) atoms. The molecule has 0 bridgehead atoms. The SMILES string of the molecule is COc1ccc(NC(=O)C(C)Oc2cccc(C(C)(C)C)c2)c(OC)c1. The van der Waals surface area contributed by atoms with Crippen molar-refractivity contribution in [3.05, 3.63) is 48.0 Å². The third kappa shape index (κ3) is 4.91. The maximum atomic E-state index is 12.5. The molecule has 2 aromatic rings. The zero-order chi connectivity index (χ0) is 19.3. The van der Waals surface area contributed by atoms with Gasteiger partial charge in [0.05, 0.1) is 19.9 Å². The maximum absolute atomic E-state index is 12.5. The van der Waals surface area contributed by atoms with Crippen molar-refractivity contribution in [2.45, 2.75) is 39.2 Å². The van der Waals surface area contributed by atoms with Gasteiger partial charge in [-0.1, -0.05) is 32.9 Å². The van der Waals surface area contributed by atoms with Crippen LogP contribution >= 0.6 is 0 Å². The van der Waals surface area contributed by atoms with Crippen molar-refractivity contribution in [2.75, 3.05) is 19.5 Å². The Hall–Kier alpha value is -2.69. The van der Waals surface area contributed by atoms with E-state index in [1.165, 1.54) is 0 Å². The lowest BCUT2D eigenvalue weighted by Crippen LogP contribution is -2.30. The number of ether oxygens (including phenoxy) is 3. The number of rotatable bonds is 6. The second kappa shape index (κ2) is 8.13. The Morgan fingerprint density at radius 2 is 1.73 bits per heavy atom. The third-order valence-electron chi connectivity index (χ3n) is 4.05. The minimum absolute atomic E-state index is 0.0152. The summed E-state index contributed by atoms with van der Waals surface area (Å²) in [5.74, 6) is 1.60. The number of methoxy groups -OCH3 is 2. The first-order chi connectivity index (χ1) is 12.2. The summed E-state index contributed by atoms with van der Waals surface area (Å²) in [5, 5.41) is 2.83. The fraction of sp³-hybridized carbons (Fsp3) is 0.381. The second-order valence-electron chi connectivity index (χ2n) is 7.09. The van der Waals surface area contributed by atoms with Crippen molar-refractivity contribution in [3.8, 4) is 17.2 Å². The number of anilines is 1. The predicted molar refractivity (Wildman–Crippen MR) is 103 cm³/mol. The summed E-state index contributed by atoms with van der Waals surface area (Å²) in [4.78, 5) is 12.5. The molecule has 2 aromatic carbocycles. The van der Waals surface area contributed by atoms with E-state index in [-0.39, 0.29) is 11.3 Å². The number of nitrogens with one attached hydrogen (secondary N) is 1. The monoisotopic (exact) mass is 357 g/mol. The largest absolute Gasteiger partial charge is 0.497 e. The van der Waals surface area contributed by atoms with Gasteiger partial charge in [0.25, 0.3) is 5.91 Å². The Bertz CT molecular complexity index is 765. The van der Waals surface area contributed by atoms with E-state index < -0.39 is 6.10 Å². The van der Waals surface area contributed by atoms with Crippen molar-refractivity contribution in [2.24, 2.45) is 0 Å². The zero-order valence-corrected chi connectivity index (χ0v) is 16.3. The van der Waals surface area contributed by atoms with Crippen LogP contribution in [0.25, 0.3) is 0 Å². The van der Waals surface area contributed by atoms with E-state index in [0.29, 0.717) is 22.9 Å². The van der Waals surface area contributed by atoms with Crippen molar-refractivity contribution < 1.29 is 19.0 Å². The van der Waals surface area contributed by atoms with Gasteiger partial charge in [-0.05, 0) is 42.2 Å². The molecule has 0 radical (unpaired) electrons. The summed E-state index contributed by atoms with van der Waals surface area (Å²) in [6.45, 7) is 8.13. The summed E-state index contributed by atoms with van der Waals surface area (Å²) in [6, 6.07) is 13.0. The van der Waals surface area contributed by atoms with E-state index in [4.69, 9.17) is 14.2 Å². The van der Waals surface area contributed by atoms with Crippen molar-refractivity contribution in [1.29, 1.82) is 0 Å². The van der Waals surface area contributed by atoms with Crippen LogP contribution in [0.5, 0.6) is 17.2 Å². The van der Waals surface area contributed by atoms with Gasteiger partial charge in [0, 0.05) is 6.07 Å². The van der Waals surface area contributed by atoms with Crippen LogP contribution in [0.4, 0.5) is 5.69 Å². The van der Waals surface area contributed by atoms with E-state index in [1.807, 2.05) is 18.2 Å². The number of hydrogen-bond acceptors (Lipinski definition) is 4. The first kappa shape index (κ1) is 19.6. The Morgan fingerprint density at radius 3 is 2.35 bits per heavy atom. The van der Waals surface area contributed by atoms with Gasteiger partial charge in [0.1, 0.15) is 17.2 Å². The molecular weight excluding hydrogens is 330 g/mol. The Morgan fingerprint density at radius 1 is 1.00 bits per heavy atom. The summed E-state index contributed by atoms with van der Waals surface area (Å²) >= 11 is 0. The highest BCUT2D eigenvalue weighted by Gasteiger charge is 2.19. The molecule has 5 heteroatoms. The molecule has 0 aromatic heterocycles. The average Bonchev–Trinajstić information content (AvgIpc) is 2.61. The Balaban J connectivity index is 2.09.